The van der Waals surface area contributed by atoms with E-state index in [1.165, 1.54) is 49.7 Å². The van der Waals surface area contributed by atoms with Crippen LogP contribution in [0.25, 0.3) is 0 Å². The molecule has 0 amide bonds. The lowest BCUT2D eigenvalue weighted by atomic mass is 9.75. The normalized spacial score (nSPS) is 24.6. The Kier molecular flexibility index (Phi) is 3.90. The van der Waals surface area contributed by atoms with Crippen molar-refractivity contribution < 1.29 is 0 Å². The molecule has 0 aromatic heterocycles. The van der Waals surface area contributed by atoms with E-state index < -0.39 is 0 Å². The molecule has 1 aromatic carbocycles. The minimum absolute atomic E-state index is 0.567. The molecule has 1 N–H and O–H groups in total. The number of nitrogens with one attached hydrogen (secondary N) is 1. The monoisotopic (exact) mass is 271 g/mol. The van der Waals surface area contributed by atoms with Gasteiger partial charge in [0.2, 0.25) is 0 Å². The molecule has 20 heavy (non-hydrogen) atoms. The zero-order valence-electron chi connectivity index (χ0n) is 13.3. The van der Waals surface area contributed by atoms with E-state index in [2.05, 4.69) is 50.4 Å². The molecule has 0 saturated heterocycles. The number of rotatable bonds is 4. The molecule has 1 heteroatoms. The first-order valence-electron chi connectivity index (χ1n) is 8.36. The van der Waals surface area contributed by atoms with Gasteiger partial charge in [0.05, 0.1) is 0 Å². The lowest BCUT2D eigenvalue weighted by molar-refractivity contribution is 0.195. The van der Waals surface area contributed by atoms with Crippen LogP contribution in [-0.2, 0) is 0 Å². The zero-order chi connectivity index (χ0) is 14.2. The van der Waals surface area contributed by atoms with E-state index in [-0.39, 0.29) is 0 Å². The van der Waals surface area contributed by atoms with Crippen LogP contribution in [-0.4, -0.2) is 6.04 Å². The second-order valence-electron chi connectivity index (χ2n) is 7.83. The van der Waals surface area contributed by atoms with Crippen LogP contribution in [0.4, 0.5) is 0 Å². The Hall–Kier alpha value is -0.820. The molecule has 0 spiro atoms. The van der Waals surface area contributed by atoms with Crippen LogP contribution < -0.4 is 5.32 Å². The summed E-state index contributed by atoms with van der Waals surface area (Å²) in [5, 5.41) is 3.99. The SMILES string of the molecule is Cc1ccc(C(NC2CCC(C)(C)CC2)C2CC2)cc1. The van der Waals surface area contributed by atoms with E-state index in [1.807, 2.05) is 0 Å². The van der Waals surface area contributed by atoms with Crippen LogP contribution >= 0.6 is 0 Å². The van der Waals surface area contributed by atoms with E-state index in [9.17, 15) is 0 Å². The van der Waals surface area contributed by atoms with Crippen LogP contribution in [0.3, 0.4) is 0 Å². The minimum Gasteiger partial charge on any atom is -0.307 e. The highest BCUT2D eigenvalue weighted by Crippen LogP contribution is 2.43. The third-order valence-corrected chi connectivity index (χ3v) is 5.28. The summed E-state index contributed by atoms with van der Waals surface area (Å²) >= 11 is 0. The van der Waals surface area contributed by atoms with Gasteiger partial charge in [-0.2, -0.15) is 0 Å². The van der Waals surface area contributed by atoms with Crippen LogP contribution in [0.2, 0.25) is 0 Å². The van der Waals surface area contributed by atoms with Crippen LogP contribution in [0.15, 0.2) is 24.3 Å². The smallest absolute Gasteiger partial charge is 0.0351 e. The fourth-order valence-electron chi connectivity index (χ4n) is 3.53. The Morgan fingerprint density at radius 3 is 2.15 bits per heavy atom. The summed E-state index contributed by atoms with van der Waals surface area (Å²) < 4.78 is 0. The molecule has 0 aliphatic heterocycles. The van der Waals surface area contributed by atoms with Crippen LogP contribution in [0.5, 0.6) is 0 Å². The average molecular weight is 271 g/mol. The van der Waals surface area contributed by atoms with Crippen molar-refractivity contribution in [1.29, 1.82) is 0 Å². The van der Waals surface area contributed by atoms with Gasteiger partial charge in [-0.15, -0.1) is 0 Å². The molecular weight excluding hydrogens is 242 g/mol. The molecule has 3 rings (SSSR count). The van der Waals surface area contributed by atoms with E-state index in [4.69, 9.17) is 0 Å². The van der Waals surface area contributed by atoms with E-state index >= 15 is 0 Å². The lowest BCUT2D eigenvalue weighted by Gasteiger charge is -2.36. The minimum atomic E-state index is 0.567. The highest BCUT2D eigenvalue weighted by atomic mass is 15.0. The van der Waals surface area contributed by atoms with Crippen molar-refractivity contribution in [3.8, 4) is 0 Å². The van der Waals surface area contributed by atoms with E-state index in [1.54, 1.807) is 0 Å². The molecule has 1 aromatic rings. The summed E-state index contributed by atoms with van der Waals surface area (Å²) in [7, 11) is 0. The Labute approximate surface area is 124 Å². The van der Waals surface area contributed by atoms with Gasteiger partial charge >= 0.3 is 0 Å². The van der Waals surface area contributed by atoms with Gasteiger partial charge in [0.1, 0.15) is 0 Å². The van der Waals surface area contributed by atoms with E-state index in [0.717, 1.165) is 12.0 Å². The fraction of sp³-hybridized carbons (Fsp3) is 0.684. The highest BCUT2D eigenvalue weighted by Gasteiger charge is 2.35. The van der Waals surface area contributed by atoms with Crippen LogP contribution in [0, 0.1) is 18.3 Å². The maximum absolute atomic E-state index is 3.99. The van der Waals surface area contributed by atoms with Crippen molar-refractivity contribution in [3.63, 3.8) is 0 Å². The van der Waals surface area contributed by atoms with Crippen molar-refractivity contribution >= 4 is 0 Å². The first-order valence-corrected chi connectivity index (χ1v) is 8.36. The number of hydrogen-bond donors (Lipinski definition) is 1. The van der Waals surface area contributed by atoms with E-state index in [0.29, 0.717) is 11.5 Å². The molecule has 2 saturated carbocycles. The quantitative estimate of drug-likeness (QED) is 0.812. The van der Waals surface area contributed by atoms with Crippen molar-refractivity contribution in [2.45, 2.75) is 71.4 Å². The molecule has 110 valence electrons. The number of hydrogen-bond acceptors (Lipinski definition) is 1. The van der Waals surface area contributed by atoms with Crippen LogP contribution in [0.1, 0.15) is 69.5 Å². The molecule has 1 nitrogen and oxygen atoms in total. The number of aryl methyl sites for hydroxylation is 1. The maximum Gasteiger partial charge on any atom is 0.0351 e. The van der Waals surface area contributed by atoms with Gasteiger partial charge in [0, 0.05) is 12.1 Å². The van der Waals surface area contributed by atoms with Crippen molar-refractivity contribution in [1.82, 2.24) is 5.32 Å². The Morgan fingerprint density at radius 2 is 1.60 bits per heavy atom. The summed E-state index contributed by atoms with van der Waals surface area (Å²) in [6.07, 6.45) is 8.25. The fourth-order valence-corrected chi connectivity index (χ4v) is 3.53. The third-order valence-electron chi connectivity index (χ3n) is 5.28. The first-order chi connectivity index (χ1) is 9.53. The molecule has 0 radical (unpaired) electrons. The van der Waals surface area contributed by atoms with Crippen molar-refractivity contribution in [2.75, 3.05) is 0 Å². The lowest BCUT2D eigenvalue weighted by Crippen LogP contribution is -2.38. The molecule has 0 bridgehead atoms. The van der Waals surface area contributed by atoms with Gasteiger partial charge in [-0.3, -0.25) is 0 Å². The van der Waals surface area contributed by atoms with Gasteiger partial charge in [-0.1, -0.05) is 43.7 Å². The van der Waals surface area contributed by atoms with Gasteiger partial charge in [0.25, 0.3) is 0 Å². The summed E-state index contributed by atoms with van der Waals surface area (Å²) in [6.45, 7) is 7.01. The van der Waals surface area contributed by atoms with Gasteiger partial charge in [0.15, 0.2) is 0 Å². The molecular formula is C19H29N. The van der Waals surface area contributed by atoms with Gasteiger partial charge in [-0.25, -0.2) is 0 Å². The summed E-state index contributed by atoms with van der Waals surface area (Å²) in [4.78, 5) is 0. The topological polar surface area (TPSA) is 12.0 Å². The Bertz CT molecular complexity index is 431. The summed E-state index contributed by atoms with van der Waals surface area (Å²) in [5.74, 6) is 0.882. The van der Waals surface area contributed by atoms with Gasteiger partial charge < -0.3 is 5.32 Å². The standard InChI is InChI=1S/C19H29N/c1-14-4-6-15(7-5-14)18(16-8-9-16)20-17-10-12-19(2,3)13-11-17/h4-7,16-18,20H,8-13H2,1-3H3. The maximum atomic E-state index is 3.99. The van der Waals surface area contributed by atoms with Crippen molar-refractivity contribution in [3.05, 3.63) is 35.4 Å². The predicted molar refractivity (Wildman–Crippen MR) is 85.8 cm³/mol. The molecule has 2 fully saturated rings. The second kappa shape index (κ2) is 5.52. The Balaban J connectivity index is 1.65. The first kappa shape index (κ1) is 14.1. The molecule has 2 aliphatic rings. The summed E-state index contributed by atoms with van der Waals surface area (Å²) in [5.41, 5.74) is 3.43. The largest absolute Gasteiger partial charge is 0.307 e. The highest BCUT2D eigenvalue weighted by molar-refractivity contribution is 5.25. The molecule has 1 atom stereocenters. The van der Waals surface area contributed by atoms with Gasteiger partial charge in [-0.05, 0) is 62.3 Å². The third kappa shape index (κ3) is 3.44. The Morgan fingerprint density at radius 1 is 1.00 bits per heavy atom. The second-order valence-corrected chi connectivity index (χ2v) is 7.83. The summed E-state index contributed by atoms with van der Waals surface area (Å²) in [6, 6.07) is 10.5. The average Bonchev–Trinajstić information content (AvgIpc) is 3.23. The predicted octanol–water partition coefficient (Wildman–Crippen LogP) is 5.00. The molecule has 1 unspecified atom stereocenters. The zero-order valence-corrected chi connectivity index (χ0v) is 13.3. The number of benzene rings is 1. The molecule has 2 aliphatic carbocycles. The molecule has 0 heterocycles. The van der Waals surface area contributed by atoms with Crippen molar-refractivity contribution in [2.24, 2.45) is 11.3 Å².